The Bertz CT molecular complexity index is 504. The molecule has 0 fully saturated rings. The first-order chi connectivity index (χ1) is 7.60. The molecule has 0 aliphatic carbocycles. The van der Waals surface area contributed by atoms with Gasteiger partial charge in [0.25, 0.3) is 0 Å². The van der Waals surface area contributed by atoms with Crippen LogP contribution in [0.5, 0.6) is 0 Å². The molecule has 2 rings (SSSR count). The molecule has 1 aromatic carbocycles. The lowest BCUT2D eigenvalue weighted by Gasteiger charge is -2.03. The number of benzene rings is 1. The van der Waals surface area contributed by atoms with Crippen molar-refractivity contribution in [2.24, 2.45) is 5.92 Å². The van der Waals surface area contributed by atoms with E-state index < -0.39 is 0 Å². The SMILES string of the molecule is CCC(C)Cc1cc2cc(Br)cc(Cl)c2o1. The van der Waals surface area contributed by atoms with E-state index in [0.29, 0.717) is 10.9 Å². The van der Waals surface area contributed by atoms with Crippen molar-refractivity contribution in [3.8, 4) is 0 Å². The highest BCUT2D eigenvalue weighted by Crippen LogP contribution is 2.31. The van der Waals surface area contributed by atoms with Crippen molar-refractivity contribution in [1.29, 1.82) is 0 Å². The van der Waals surface area contributed by atoms with Crippen LogP contribution in [0.15, 0.2) is 27.1 Å². The number of hydrogen-bond donors (Lipinski definition) is 0. The molecule has 0 saturated heterocycles. The summed E-state index contributed by atoms with van der Waals surface area (Å²) < 4.78 is 6.76. The number of furan rings is 1. The molecular formula is C13H14BrClO. The molecule has 0 radical (unpaired) electrons. The number of rotatable bonds is 3. The van der Waals surface area contributed by atoms with E-state index >= 15 is 0 Å². The predicted octanol–water partition coefficient (Wildman–Crippen LogP) is 5.44. The minimum atomic E-state index is 0.641. The Balaban J connectivity index is 2.40. The van der Waals surface area contributed by atoms with Crippen LogP contribution in [0.3, 0.4) is 0 Å². The Morgan fingerprint density at radius 2 is 2.12 bits per heavy atom. The smallest absolute Gasteiger partial charge is 0.152 e. The molecular weight excluding hydrogens is 287 g/mol. The average molecular weight is 302 g/mol. The third kappa shape index (κ3) is 2.44. The zero-order valence-electron chi connectivity index (χ0n) is 9.39. The maximum Gasteiger partial charge on any atom is 0.152 e. The molecule has 86 valence electrons. The second kappa shape index (κ2) is 4.80. The summed E-state index contributed by atoms with van der Waals surface area (Å²) in [6.07, 6.45) is 2.13. The molecule has 16 heavy (non-hydrogen) atoms. The van der Waals surface area contributed by atoms with E-state index in [1.54, 1.807) is 0 Å². The van der Waals surface area contributed by atoms with Crippen molar-refractivity contribution in [1.82, 2.24) is 0 Å². The van der Waals surface area contributed by atoms with Gasteiger partial charge in [-0.25, -0.2) is 0 Å². The van der Waals surface area contributed by atoms with Gasteiger partial charge in [0.1, 0.15) is 5.76 Å². The van der Waals surface area contributed by atoms with Crippen molar-refractivity contribution < 1.29 is 4.42 Å². The van der Waals surface area contributed by atoms with Gasteiger partial charge in [-0.3, -0.25) is 0 Å². The number of fused-ring (bicyclic) bond motifs is 1. The Hall–Kier alpha value is -0.470. The van der Waals surface area contributed by atoms with E-state index in [2.05, 4.69) is 35.8 Å². The minimum Gasteiger partial charge on any atom is -0.459 e. The van der Waals surface area contributed by atoms with Gasteiger partial charge in [-0.15, -0.1) is 0 Å². The first-order valence-electron chi connectivity index (χ1n) is 5.47. The largest absolute Gasteiger partial charge is 0.459 e. The van der Waals surface area contributed by atoms with E-state index in [0.717, 1.165) is 34.0 Å². The summed E-state index contributed by atoms with van der Waals surface area (Å²) in [6.45, 7) is 4.42. The average Bonchev–Trinajstić information content (AvgIpc) is 2.60. The lowest BCUT2D eigenvalue weighted by molar-refractivity contribution is 0.470. The molecule has 1 heterocycles. The molecule has 0 bridgehead atoms. The summed E-state index contributed by atoms with van der Waals surface area (Å²) in [5.74, 6) is 1.66. The maximum absolute atomic E-state index is 6.12. The lowest BCUT2D eigenvalue weighted by atomic mass is 10.0. The first kappa shape index (κ1) is 12.0. The summed E-state index contributed by atoms with van der Waals surface area (Å²) in [5.41, 5.74) is 0.795. The molecule has 0 aliphatic rings. The van der Waals surface area contributed by atoms with Crippen LogP contribution in [0, 0.1) is 5.92 Å². The zero-order chi connectivity index (χ0) is 11.7. The van der Waals surface area contributed by atoms with E-state index in [9.17, 15) is 0 Å². The quantitative estimate of drug-likeness (QED) is 0.736. The van der Waals surface area contributed by atoms with Gasteiger partial charge in [0.05, 0.1) is 5.02 Å². The van der Waals surface area contributed by atoms with Gasteiger partial charge in [-0.2, -0.15) is 0 Å². The fourth-order valence-corrected chi connectivity index (χ4v) is 2.59. The van der Waals surface area contributed by atoms with Gasteiger partial charge in [0, 0.05) is 16.3 Å². The van der Waals surface area contributed by atoms with E-state index in [1.165, 1.54) is 0 Å². The molecule has 0 spiro atoms. The summed E-state index contributed by atoms with van der Waals surface area (Å²) in [6, 6.07) is 5.98. The molecule has 2 aromatic rings. The van der Waals surface area contributed by atoms with Gasteiger partial charge in [-0.1, -0.05) is 47.8 Å². The fourth-order valence-electron chi connectivity index (χ4n) is 1.72. The van der Waals surface area contributed by atoms with Crippen molar-refractivity contribution in [2.75, 3.05) is 0 Å². The Morgan fingerprint density at radius 1 is 1.38 bits per heavy atom. The molecule has 1 atom stereocenters. The molecule has 1 nitrogen and oxygen atoms in total. The standard InChI is InChI=1S/C13H14BrClO/c1-3-8(2)4-11-6-9-5-10(14)7-12(15)13(9)16-11/h5-8H,3-4H2,1-2H3. The van der Waals surface area contributed by atoms with Gasteiger partial charge in [-0.05, 0) is 24.1 Å². The molecule has 1 unspecified atom stereocenters. The summed E-state index contributed by atoms with van der Waals surface area (Å²) in [4.78, 5) is 0. The highest BCUT2D eigenvalue weighted by Gasteiger charge is 2.10. The third-order valence-corrected chi connectivity index (χ3v) is 3.57. The van der Waals surface area contributed by atoms with E-state index in [1.807, 2.05) is 12.1 Å². The topological polar surface area (TPSA) is 13.1 Å². The van der Waals surface area contributed by atoms with Crippen molar-refractivity contribution in [3.05, 3.63) is 33.5 Å². The van der Waals surface area contributed by atoms with Crippen LogP contribution >= 0.6 is 27.5 Å². The molecule has 3 heteroatoms. The molecule has 0 amide bonds. The normalized spacial score (nSPS) is 13.2. The van der Waals surface area contributed by atoms with Crippen LogP contribution in [0.1, 0.15) is 26.0 Å². The van der Waals surface area contributed by atoms with Crippen molar-refractivity contribution in [2.45, 2.75) is 26.7 Å². The van der Waals surface area contributed by atoms with E-state index in [4.69, 9.17) is 16.0 Å². The second-order valence-corrected chi connectivity index (χ2v) is 5.56. The molecule has 0 saturated carbocycles. The highest BCUT2D eigenvalue weighted by atomic mass is 79.9. The Kier molecular flexibility index (Phi) is 3.60. The zero-order valence-corrected chi connectivity index (χ0v) is 11.7. The molecule has 0 N–H and O–H groups in total. The monoisotopic (exact) mass is 300 g/mol. The van der Waals surface area contributed by atoms with Crippen LogP contribution in [-0.4, -0.2) is 0 Å². The van der Waals surface area contributed by atoms with Crippen LogP contribution in [0.4, 0.5) is 0 Å². The van der Waals surface area contributed by atoms with Crippen LogP contribution in [0.2, 0.25) is 5.02 Å². The summed E-state index contributed by atoms with van der Waals surface area (Å²) in [5, 5.41) is 1.73. The minimum absolute atomic E-state index is 0.641. The Labute approximate surface area is 109 Å². The predicted molar refractivity (Wildman–Crippen MR) is 72.1 cm³/mol. The van der Waals surface area contributed by atoms with E-state index in [-0.39, 0.29) is 0 Å². The highest BCUT2D eigenvalue weighted by molar-refractivity contribution is 9.10. The number of hydrogen-bond acceptors (Lipinski definition) is 1. The van der Waals surface area contributed by atoms with Crippen molar-refractivity contribution in [3.63, 3.8) is 0 Å². The number of halogens is 2. The second-order valence-electron chi connectivity index (χ2n) is 4.24. The van der Waals surface area contributed by atoms with Gasteiger partial charge in [0.15, 0.2) is 5.58 Å². The summed E-state index contributed by atoms with van der Waals surface area (Å²) in [7, 11) is 0. The van der Waals surface area contributed by atoms with Gasteiger partial charge < -0.3 is 4.42 Å². The van der Waals surface area contributed by atoms with Gasteiger partial charge >= 0.3 is 0 Å². The molecule has 0 aliphatic heterocycles. The van der Waals surface area contributed by atoms with Crippen LogP contribution in [-0.2, 0) is 6.42 Å². The fraction of sp³-hybridized carbons (Fsp3) is 0.385. The summed E-state index contributed by atoms with van der Waals surface area (Å²) >= 11 is 9.55. The molecule has 1 aromatic heterocycles. The van der Waals surface area contributed by atoms with Crippen LogP contribution in [0.25, 0.3) is 11.0 Å². The van der Waals surface area contributed by atoms with Crippen molar-refractivity contribution >= 4 is 38.5 Å². The first-order valence-corrected chi connectivity index (χ1v) is 6.64. The Morgan fingerprint density at radius 3 is 2.81 bits per heavy atom. The van der Waals surface area contributed by atoms with Gasteiger partial charge in [0.2, 0.25) is 0 Å². The van der Waals surface area contributed by atoms with Crippen LogP contribution < -0.4 is 0 Å². The lowest BCUT2D eigenvalue weighted by Crippen LogP contribution is -1.95. The maximum atomic E-state index is 6.12. The third-order valence-electron chi connectivity index (χ3n) is 2.83.